The van der Waals surface area contributed by atoms with E-state index in [-0.39, 0.29) is 42.7 Å². The molecular formula is C60H115NO7. The average Bonchev–Trinajstić information content (AvgIpc) is 3.30. The highest BCUT2D eigenvalue weighted by Gasteiger charge is 2.25. The molecule has 0 saturated carbocycles. The first kappa shape index (κ1) is 66.1. The van der Waals surface area contributed by atoms with Crippen molar-refractivity contribution in [3.05, 3.63) is 12.2 Å². The third kappa shape index (κ3) is 49.1. The number of nitrogens with zero attached hydrogens (tertiary/aromatic N) is 1. The molecule has 68 heavy (non-hydrogen) atoms. The van der Waals surface area contributed by atoms with Gasteiger partial charge in [0, 0.05) is 19.3 Å². The largest absolute Gasteiger partial charge is 0.544 e. The predicted octanol–water partition coefficient (Wildman–Crippen LogP) is 16.4. The van der Waals surface area contributed by atoms with Gasteiger partial charge in [-0.25, -0.2) is 0 Å². The quantitative estimate of drug-likeness (QED) is 0.0259. The number of esters is 2. The summed E-state index contributed by atoms with van der Waals surface area (Å²) in [7, 11) is 5.44. The van der Waals surface area contributed by atoms with Crippen molar-refractivity contribution in [1.29, 1.82) is 0 Å². The van der Waals surface area contributed by atoms with Crippen LogP contribution >= 0.6 is 0 Å². The Morgan fingerprint density at radius 2 is 0.735 bits per heavy atom. The third-order valence-electron chi connectivity index (χ3n) is 13.9. The second-order valence-corrected chi connectivity index (χ2v) is 21.6. The number of hydrogen-bond acceptors (Lipinski definition) is 7. The molecule has 2 unspecified atom stereocenters. The molecule has 0 aliphatic heterocycles. The Kier molecular flexibility index (Phi) is 50.0. The fourth-order valence-corrected chi connectivity index (χ4v) is 9.31. The van der Waals surface area contributed by atoms with Crippen LogP contribution in [0.2, 0.25) is 0 Å². The molecule has 0 heterocycles. The summed E-state index contributed by atoms with van der Waals surface area (Å²) in [6.45, 7) is 4.73. The molecule has 0 aromatic carbocycles. The number of quaternary nitrogens is 1. The molecule has 2 atom stereocenters. The van der Waals surface area contributed by atoms with Gasteiger partial charge in [0.2, 0.25) is 0 Å². The van der Waals surface area contributed by atoms with E-state index in [4.69, 9.17) is 14.2 Å². The van der Waals surface area contributed by atoms with Crippen LogP contribution in [0.25, 0.3) is 0 Å². The SMILES string of the molecule is CCCCCCCCCC/C=C\CCCCCCCCCCCCCC(=O)OC(COCCC(C(=O)[O-])[N+](C)(C)C)COC(=O)CCCCCCCCCCCCCCCCCCCCCCC. The van der Waals surface area contributed by atoms with Crippen LogP contribution in [0.3, 0.4) is 0 Å². The Balaban J connectivity index is 4.11. The zero-order valence-corrected chi connectivity index (χ0v) is 46.1. The maximum absolute atomic E-state index is 12.8. The van der Waals surface area contributed by atoms with Gasteiger partial charge in [0.05, 0.1) is 40.3 Å². The Labute approximate surface area is 422 Å². The van der Waals surface area contributed by atoms with Gasteiger partial charge in [0.1, 0.15) is 12.6 Å². The molecule has 0 bridgehead atoms. The highest BCUT2D eigenvalue weighted by Crippen LogP contribution is 2.18. The highest BCUT2D eigenvalue weighted by molar-refractivity contribution is 5.70. The van der Waals surface area contributed by atoms with Crippen molar-refractivity contribution in [3.8, 4) is 0 Å². The van der Waals surface area contributed by atoms with Crippen LogP contribution in [0.5, 0.6) is 0 Å². The summed E-state index contributed by atoms with van der Waals surface area (Å²) >= 11 is 0. The molecule has 0 rings (SSSR count). The number of unbranched alkanes of at least 4 members (excludes halogenated alkanes) is 39. The van der Waals surface area contributed by atoms with E-state index >= 15 is 0 Å². The number of ether oxygens (including phenoxy) is 3. The van der Waals surface area contributed by atoms with Gasteiger partial charge >= 0.3 is 11.9 Å². The summed E-state index contributed by atoms with van der Waals surface area (Å²) in [6.07, 6.45) is 59.7. The summed E-state index contributed by atoms with van der Waals surface area (Å²) in [4.78, 5) is 37.2. The molecule has 0 fully saturated rings. The molecule has 0 radical (unpaired) electrons. The van der Waals surface area contributed by atoms with Crippen molar-refractivity contribution in [2.24, 2.45) is 0 Å². The van der Waals surface area contributed by atoms with Crippen LogP contribution < -0.4 is 5.11 Å². The van der Waals surface area contributed by atoms with Gasteiger partial charge in [-0.15, -0.1) is 0 Å². The van der Waals surface area contributed by atoms with Crippen LogP contribution in [-0.2, 0) is 28.6 Å². The lowest BCUT2D eigenvalue weighted by molar-refractivity contribution is -0.889. The molecule has 0 spiro atoms. The number of carbonyl (C=O) groups excluding carboxylic acids is 3. The Hall–Kier alpha value is -1.93. The smallest absolute Gasteiger partial charge is 0.306 e. The summed E-state index contributed by atoms with van der Waals surface area (Å²) in [5, 5.41) is 11.7. The molecule has 0 saturated heterocycles. The molecule has 0 aromatic rings. The standard InChI is InChI=1S/C60H115NO7/c1-6-8-10-12-14-16-18-20-22-24-26-28-29-31-33-35-37-39-41-43-45-47-49-51-59(63)68-56(54-66-53-52-57(60(64)65)61(3,4)5)55-67-58(62)50-48-46-44-42-40-38-36-34-32-30-27-25-23-21-19-17-15-13-11-9-7-2/h24,26,56-57H,6-23,25,27-55H2,1-5H3/b26-24-. The zero-order chi connectivity index (χ0) is 49.9. The molecule has 0 aliphatic carbocycles. The number of carboxylic acid groups (broad SMARTS) is 1. The second kappa shape index (κ2) is 51.4. The highest BCUT2D eigenvalue weighted by atomic mass is 16.6. The van der Waals surface area contributed by atoms with Crippen LogP contribution in [-0.4, -0.2) is 75.5 Å². The van der Waals surface area contributed by atoms with E-state index in [1.807, 2.05) is 21.1 Å². The first-order valence-corrected chi connectivity index (χ1v) is 29.7. The van der Waals surface area contributed by atoms with Crippen molar-refractivity contribution >= 4 is 17.9 Å². The Morgan fingerprint density at radius 3 is 1.06 bits per heavy atom. The van der Waals surface area contributed by atoms with E-state index in [0.29, 0.717) is 12.8 Å². The second-order valence-electron chi connectivity index (χ2n) is 21.6. The fraction of sp³-hybridized carbons (Fsp3) is 0.917. The third-order valence-corrected chi connectivity index (χ3v) is 13.9. The molecule has 0 N–H and O–H groups in total. The molecule has 8 nitrogen and oxygen atoms in total. The van der Waals surface area contributed by atoms with Crippen molar-refractivity contribution in [3.63, 3.8) is 0 Å². The number of carboxylic acids is 1. The van der Waals surface area contributed by atoms with E-state index in [1.165, 1.54) is 231 Å². The van der Waals surface area contributed by atoms with Crippen LogP contribution in [0.1, 0.15) is 303 Å². The minimum absolute atomic E-state index is 0.0474. The number of allylic oxidation sites excluding steroid dienone is 2. The maximum Gasteiger partial charge on any atom is 0.306 e. The minimum Gasteiger partial charge on any atom is -0.544 e. The van der Waals surface area contributed by atoms with Gasteiger partial charge in [-0.3, -0.25) is 9.59 Å². The summed E-state index contributed by atoms with van der Waals surface area (Å²) < 4.78 is 17.3. The summed E-state index contributed by atoms with van der Waals surface area (Å²) in [6, 6.07) is -0.723. The molecule has 0 amide bonds. The van der Waals surface area contributed by atoms with Gasteiger partial charge < -0.3 is 28.6 Å². The number of hydrogen-bond donors (Lipinski definition) is 0. The van der Waals surface area contributed by atoms with Crippen molar-refractivity contribution < 1.29 is 38.2 Å². The van der Waals surface area contributed by atoms with Crippen molar-refractivity contribution in [2.75, 3.05) is 41.0 Å². The van der Waals surface area contributed by atoms with E-state index in [0.717, 1.165) is 38.5 Å². The molecule has 8 heteroatoms. The van der Waals surface area contributed by atoms with Gasteiger partial charge in [0.25, 0.3) is 0 Å². The zero-order valence-electron chi connectivity index (χ0n) is 46.1. The Bertz CT molecular complexity index is 1120. The first-order chi connectivity index (χ1) is 33.1. The van der Waals surface area contributed by atoms with Crippen LogP contribution in [0.15, 0.2) is 12.2 Å². The monoisotopic (exact) mass is 962 g/mol. The van der Waals surface area contributed by atoms with Crippen LogP contribution in [0, 0.1) is 0 Å². The summed E-state index contributed by atoms with van der Waals surface area (Å²) in [5.41, 5.74) is 0. The number of aliphatic carboxylic acids is 1. The molecule has 402 valence electrons. The van der Waals surface area contributed by atoms with Crippen molar-refractivity contribution in [2.45, 2.75) is 315 Å². The van der Waals surface area contributed by atoms with E-state index < -0.39 is 18.1 Å². The lowest BCUT2D eigenvalue weighted by atomic mass is 10.0. The van der Waals surface area contributed by atoms with Crippen LogP contribution in [0.4, 0.5) is 0 Å². The predicted molar refractivity (Wildman–Crippen MR) is 287 cm³/mol. The van der Waals surface area contributed by atoms with Crippen molar-refractivity contribution in [1.82, 2.24) is 0 Å². The molecule has 0 aliphatic rings. The van der Waals surface area contributed by atoms with E-state index in [2.05, 4.69) is 26.0 Å². The Morgan fingerprint density at radius 1 is 0.426 bits per heavy atom. The first-order valence-electron chi connectivity index (χ1n) is 29.7. The minimum atomic E-state index is -1.12. The summed E-state index contributed by atoms with van der Waals surface area (Å²) in [5.74, 6) is -1.71. The van der Waals surface area contributed by atoms with Gasteiger partial charge in [-0.05, 0) is 38.5 Å². The lowest BCUT2D eigenvalue weighted by Crippen LogP contribution is -2.55. The topological polar surface area (TPSA) is 102 Å². The average molecular weight is 963 g/mol. The normalized spacial score (nSPS) is 12.8. The van der Waals surface area contributed by atoms with Gasteiger partial charge in [0.15, 0.2) is 6.10 Å². The number of likely N-dealkylation sites (N-methyl/N-ethyl adjacent to an activating group) is 1. The van der Waals surface area contributed by atoms with E-state index in [9.17, 15) is 19.5 Å². The molecule has 0 aromatic heterocycles. The number of carbonyl (C=O) groups is 3. The van der Waals surface area contributed by atoms with Gasteiger partial charge in [-0.2, -0.15) is 0 Å². The maximum atomic E-state index is 12.8. The fourth-order valence-electron chi connectivity index (χ4n) is 9.31. The lowest BCUT2D eigenvalue weighted by Gasteiger charge is -2.34. The van der Waals surface area contributed by atoms with E-state index in [1.54, 1.807) is 0 Å². The van der Waals surface area contributed by atoms with Gasteiger partial charge in [-0.1, -0.05) is 257 Å². The molecular weight excluding hydrogens is 847 g/mol. The number of rotatable bonds is 55.